The van der Waals surface area contributed by atoms with Crippen molar-refractivity contribution in [1.29, 1.82) is 0 Å². The van der Waals surface area contributed by atoms with Crippen molar-refractivity contribution in [2.75, 3.05) is 12.4 Å². The molecule has 116 valence electrons. The molecule has 0 aliphatic rings. The van der Waals surface area contributed by atoms with Gasteiger partial charge in [0, 0.05) is 13.0 Å². The molecule has 0 unspecified atom stereocenters. The van der Waals surface area contributed by atoms with Crippen LogP contribution in [0.5, 0.6) is 0 Å². The van der Waals surface area contributed by atoms with Crippen LogP contribution < -0.4 is 10.6 Å². The minimum atomic E-state index is -0.592. The Morgan fingerprint density at radius 3 is 2.43 bits per heavy atom. The van der Waals surface area contributed by atoms with Gasteiger partial charge in [-0.15, -0.1) is 11.6 Å². The zero-order valence-electron chi connectivity index (χ0n) is 12.6. The number of alkyl halides is 1. The van der Waals surface area contributed by atoms with Crippen molar-refractivity contribution in [2.24, 2.45) is 5.92 Å². The van der Waals surface area contributed by atoms with Gasteiger partial charge in [0.1, 0.15) is 11.9 Å². The van der Waals surface area contributed by atoms with E-state index >= 15 is 0 Å². The van der Waals surface area contributed by atoms with E-state index in [9.17, 15) is 9.59 Å². The lowest BCUT2D eigenvalue weighted by molar-refractivity contribution is -0.127. The van der Waals surface area contributed by atoms with E-state index < -0.39 is 6.04 Å². The first-order chi connectivity index (χ1) is 10.0. The molecule has 2 amide bonds. The molecular weight excluding hydrogens is 288 g/mol. The Morgan fingerprint density at radius 2 is 1.86 bits per heavy atom. The predicted molar refractivity (Wildman–Crippen MR) is 85.3 cm³/mol. The molecule has 0 spiro atoms. The maximum atomic E-state index is 12.2. The van der Waals surface area contributed by atoms with Crippen LogP contribution in [-0.4, -0.2) is 30.3 Å². The quantitative estimate of drug-likeness (QED) is 0.723. The summed E-state index contributed by atoms with van der Waals surface area (Å²) in [4.78, 5) is 23.7. The second-order valence-electron chi connectivity index (χ2n) is 5.42. The summed E-state index contributed by atoms with van der Waals surface area (Å²) >= 11 is 5.51. The fourth-order valence-electron chi connectivity index (χ4n) is 1.90. The number of hydrogen-bond acceptors (Lipinski definition) is 2. The van der Waals surface area contributed by atoms with E-state index in [2.05, 4.69) is 24.5 Å². The average Bonchev–Trinajstić information content (AvgIpc) is 2.47. The molecule has 0 saturated carbocycles. The zero-order valence-corrected chi connectivity index (χ0v) is 13.3. The molecule has 1 atom stereocenters. The van der Waals surface area contributed by atoms with E-state index in [1.54, 1.807) is 0 Å². The summed E-state index contributed by atoms with van der Waals surface area (Å²) in [6.45, 7) is 4.81. The van der Waals surface area contributed by atoms with Crippen molar-refractivity contribution in [3.8, 4) is 0 Å². The monoisotopic (exact) mass is 310 g/mol. The van der Waals surface area contributed by atoms with Crippen molar-refractivity contribution in [3.05, 3.63) is 35.9 Å². The Labute approximate surface area is 131 Å². The van der Waals surface area contributed by atoms with Crippen LogP contribution in [0.2, 0.25) is 0 Å². The largest absolute Gasteiger partial charge is 0.354 e. The Morgan fingerprint density at radius 1 is 1.19 bits per heavy atom. The van der Waals surface area contributed by atoms with Crippen LogP contribution in [0, 0.1) is 5.92 Å². The average molecular weight is 311 g/mol. The van der Waals surface area contributed by atoms with Gasteiger partial charge >= 0.3 is 0 Å². The lowest BCUT2D eigenvalue weighted by Crippen LogP contribution is -2.48. The Bertz CT molecular complexity index is 449. The number of amides is 2. The highest BCUT2D eigenvalue weighted by molar-refractivity contribution is 6.27. The van der Waals surface area contributed by atoms with Gasteiger partial charge in [0.2, 0.25) is 11.8 Å². The summed E-state index contributed by atoms with van der Waals surface area (Å²) in [7, 11) is 0. The van der Waals surface area contributed by atoms with Crippen molar-refractivity contribution in [1.82, 2.24) is 10.6 Å². The molecule has 0 bridgehead atoms. The fourth-order valence-corrected chi connectivity index (χ4v) is 1.98. The van der Waals surface area contributed by atoms with Gasteiger partial charge in [-0.05, 0) is 17.9 Å². The van der Waals surface area contributed by atoms with E-state index in [4.69, 9.17) is 11.6 Å². The second-order valence-corrected chi connectivity index (χ2v) is 5.68. The fraction of sp³-hybridized carbons (Fsp3) is 0.500. The van der Waals surface area contributed by atoms with Crippen LogP contribution in [0.1, 0.15) is 25.8 Å². The molecular formula is C16H23ClN2O2. The molecule has 0 heterocycles. The smallest absolute Gasteiger partial charge is 0.242 e. The first kappa shape index (κ1) is 17.5. The van der Waals surface area contributed by atoms with Gasteiger partial charge < -0.3 is 10.6 Å². The maximum Gasteiger partial charge on any atom is 0.242 e. The van der Waals surface area contributed by atoms with Gasteiger partial charge in [0.05, 0.1) is 0 Å². The van der Waals surface area contributed by atoms with E-state index in [1.165, 1.54) is 0 Å². The molecule has 21 heavy (non-hydrogen) atoms. The molecule has 1 aromatic rings. The zero-order chi connectivity index (χ0) is 15.7. The van der Waals surface area contributed by atoms with Gasteiger partial charge in [-0.2, -0.15) is 0 Å². The summed E-state index contributed by atoms with van der Waals surface area (Å²) in [5.41, 5.74) is 0.997. The SMILES string of the molecule is CC(C)CCNC(=O)[C@H](Cc1ccccc1)NC(=O)CCl. The van der Waals surface area contributed by atoms with Crippen molar-refractivity contribution in [3.63, 3.8) is 0 Å². The van der Waals surface area contributed by atoms with Crippen LogP contribution in [-0.2, 0) is 16.0 Å². The first-order valence-electron chi connectivity index (χ1n) is 7.20. The summed E-state index contributed by atoms with van der Waals surface area (Å²) < 4.78 is 0. The molecule has 1 aromatic carbocycles. The minimum Gasteiger partial charge on any atom is -0.354 e. The van der Waals surface area contributed by atoms with Crippen molar-refractivity contribution >= 4 is 23.4 Å². The maximum absolute atomic E-state index is 12.2. The highest BCUT2D eigenvalue weighted by Crippen LogP contribution is 2.04. The third-order valence-corrected chi connectivity index (χ3v) is 3.32. The van der Waals surface area contributed by atoms with E-state index in [0.717, 1.165) is 12.0 Å². The first-order valence-corrected chi connectivity index (χ1v) is 7.73. The third kappa shape index (κ3) is 7.14. The van der Waals surface area contributed by atoms with E-state index in [-0.39, 0.29) is 17.7 Å². The summed E-state index contributed by atoms with van der Waals surface area (Å²) in [5.74, 6) is -0.130. The predicted octanol–water partition coefficient (Wildman–Crippen LogP) is 2.11. The Balaban J connectivity index is 2.63. The van der Waals surface area contributed by atoms with E-state index in [0.29, 0.717) is 18.9 Å². The summed E-state index contributed by atoms with van der Waals surface area (Å²) in [5, 5.41) is 5.54. The Hall–Kier alpha value is -1.55. The van der Waals surface area contributed by atoms with Gasteiger partial charge in [0.15, 0.2) is 0 Å². The molecule has 1 rings (SSSR count). The summed E-state index contributed by atoms with van der Waals surface area (Å²) in [6.07, 6.45) is 1.37. The molecule has 0 saturated heterocycles. The number of carbonyl (C=O) groups excluding carboxylic acids is 2. The van der Waals surface area contributed by atoms with Gasteiger partial charge in [-0.1, -0.05) is 44.2 Å². The van der Waals surface area contributed by atoms with Gasteiger partial charge in [-0.3, -0.25) is 9.59 Å². The molecule has 4 nitrogen and oxygen atoms in total. The lowest BCUT2D eigenvalue weighted by Gasteiger charge is -2.18. The number of nitrogens with one attached hydrogen (secondary N) is 2. The molecule has 2 N–H and O–H groups in total. The Kier molecular flexibility index (Phi) is 7.83. The highest BCUT2D eigenvalue weighted by Gasteiger charge is 2.20. The van der Waals surface area contributed by atoms with Crippen LogP contribution in [0.25, 0.3) is 0 Å². The minimum absolute atomic E-state index is 0.148. The van der Waals surface area contributed by atoms with Crippen LogP contribution in [0.4, 0.5) is 0 Å². The molecule has 0 fully saturated rings. The molecule has 5 heteroatoms. The van der Waals surface area contributed by atoms with E-state index in [1.807, 2.05) is 30.3 Å². The number of carbonyl (C=O) groups is 2. The second kappa shape index (κ2) is 9.40. The molecule has 0 radical (unpaired) electrons. The van der Waals surface area contributed by atoms with Gasteiger partial charge in [0.25, 0.3) is 0 Å². The number of hydrogen-bond donors (Lipinski definition) is 2. The highest BCUT2D eigenvalue weighted by atomic mass is 35.5. The van der Waals surface area contributed by atoms with Crippen LogP contribution >= 0.6 is 11.6 Å². The summed E-state index contributed by atoms with van der Waals surface area (Å²) in [6, 6.07) is 9.01. The van der Waals surface area contributed by atoms with Crippen LogP contribution in [0.3, 0.4) is 0 Å². The van der Waals surface area contributed by atoms with Crippen molar-refractivity contribution < 1.29 is 9.59 Å². The van der Waals surface area contributed by atoms with Crippen LogP contribution in [0.15, 0.2) is 30.3 Å². The van der Waals surface area contributed by atoms with Gasteiger partial charge in [-0.25, -0.2) is 0 Å². The molecule has 0 aliphatic heterocycles. The topological polar surface area (TPSA) is 58.2 Å². The molecule has 0 aromatic heterocycles. The number of benzene rings is 1. The molecule has 0 aliphatic carbocycles. The lowest BCUT2D eigenvalue weighted by atomic mass is 10.0. The third-order valence-electron chi connectivity index (χ3n) is 3.08. The number of rotatable bonds is 8. The standard InChI is InChI=1S/C16H23ClN2O2/c1-12(2)8-9-18-16(21)14(19-15(20)11-17)10-13-6-4-3-5-7-13/h3-7,12,14H,8-11H2,1-2H3,(H,18,21)(H,19,20)/t14-/m0/s1. The normalized spacial score (nSPS) is 12.0. The number of halogens is 1. The van der Waals surface area contributed by atoms with Crippen molar-refractivity contribution in [2.45, 2.75) is 32.7 Å².